The van der Waals surface area contributed by atoms with Crippen molar-refractivity contribution in [1.82, 2.24) is 0 Å². The van der Waals surface area contributed by atoms with E-state index in [0.717, 1.165) is 17.9 Å². The number of allylic oxidation sites excluding steroid dienone is 1. The van der Waals surface area contributed by atoms with E-state index in [1.54, 1.807) is 0 Å². The molecular formula is C7H9NO3S2. The van der Waals surface area contributed by atoms with Crippen LogP contribution in [0.25, 0.3) is 0 Å². The van der Waals surface area contributed by atoms with Gasteiger partial charge in [-0.25, -0.2) is 0 Å². The lowest BCUT2D eigenvalue weighted by molar-refractivity contribution is -0.418. The number of ketones is 1. The van der Waals surface area contributed by atoms with Crippen LogP contribution in [0.15, 0.2) is 9.93 Å². The van der Waals surface area contributed by atoms with Gasteiger partial charge < -0.3 is 0 Å². The summed E-state index contributed by atoms with van der Waals surface area (Å²) in [5.74, 6) is 1.28. The van der Waals surface area contributed by atoms with Gasteiger partial charge in [0, 0.05) is 6.92 Å². The average Bonchev–Trinajstić information content (AvgIpc) is 2.04. The minimum Gasteiger partial charge on any atom is -0.287 e. The maximum absolute atomic E-state index is 11.0. The smallest absolute Gasteiger partial charge is 0.287 e. The van der Waals surface area contributed by atoms with Gasteiger partial charge in [-0.05, 0) is 17.9 Å². The summed E-state index contributed by atoms with van der Waals surface area (Å²) in [5, 5.41) is 10.5. The van der Waals surface area contributed by atoms with Crippen LogP contribution >= 0.6 is 23.5 Å². The molecule has 1 fully saturated rings. The van der Waals surface area contributed by atoms with Crippen LogP contribution in [-0.2, 0) is 4.79 Å². The fourth-order valence-electron chi connectivity index (χ4n) is 0.914. The number of rotatable bonds is 2. The Balaban J connectivity index is 2.93. The normalized spacial score (nSPS) is 16.8. The highest BCUT2D eigenvalue weighted by Gasteiger charge is 2.25. The number of nitrogens with zero attached hydrogens (tertiary/aromatic N) is 1. The number of Topliss-reactive ketones (excluding diaryl/α,β-unsaturated/α-hetero) is 1. The lowest BCUT2D eigenvalue weighted by atomic mass is 10.4. The Morgan fingerprint density at radius 3 is 2.38 bits per heavy atom. The maximum atomic E-state index is 11.0. The Hall–Kier alpha value is -0.490. The van der Waals surface area contributed by atoms with Crippen molar-refractivity contribution in [2.45, 2.75) is 13.3 Å². The predicted octanol–water partition coefficient (Wildman–Crippen LogP) is 1.89. The third kappa shape index (κ3) is 2.73. The van der Waals surface area contributed by atoms with Crippen molar-refractivity contribution in [2.75, 3.05) is 11.5 Å². The molecule has 0 spiro atoms. The summed E-state index contributed by atoms with van der Waals surface area (Å²) in [6.45, 7) is 1.24. The Bertz CT molecular complexity index is 251. The minimum absolute atomic E-state index is 0.241. The molecule has 0 aromatic heterocycles. The van der Waals surface area contributed by atoms with E-state index >= 15 is 0 Å². The number of hydrogen-bond acceptors (Lipinski definition) is 5. The molecule has 4 nitrogen and oxygen atoms in total. The van der Waals surface area contributed by atoms with E-state index in [-0.39, 0.29) is 5.70 Å². The summed E-state index contributed by atoms with van der Waals surface area (Å²) in [5.41, 5.74) is -0.241. The van der Waals surface area contributed by atoms with Crippen molar-refractivity contribution >= 4 is 29.3 Å². The highest BCUT2D eigenvalue weighted by molar-refractivity contribution is 8.22. The van der Waals surface area contributed by atoms with Crippen LogP contribution in [0.5, 0.6) is 0 Å². The van der Waals surface area contributed by atoms with Crippen LogP contribution in [0.2, 0.25) is 0 Å². The Morgan fingerprint density at radius 2 is 2.00 bits per heavy atom. The quantitative estimate of drug-likeness (QED) is 0.403. The summed E-state index contributed by atoms with van der Waals surface area (Å²) in [7, 11) is 0. The van der Waals surface area contributed by atoms with Crippen molar-refractivity contribution in [1.29, 1.82) is 0 Å². The third-order valence-electron chi connectivity index (χ3n) is 1.46. The van der Waals surface area contributed by atoms with Gasteiger partial charge in [-0.15, -0.1) is 23.5 Å². The fourth-order valence-corrected chi connectivity index (χ4v) is 3.59. The molecule has 0 saturated carbocycles. The molecule has 0 bridgehead atoms. The molecule has 72 valence electrons. The molecule has 0 amide bonds. The number of carbonyl (C=O) groups is 1. The molecule has 1 rings (SSSR count). The lowest BCUT2D eigenvalue weighted by Crippen LogP contribution is -2.11. The summed E-state index contributed by atoms with van der Waals surface area (Å²) in [6.07, 6.45) is 1.04. The molecular weight excluding hydrogens is 210 g/mol. The van der Waals surface area contributed by atoms with E-state index in [0.29, 0.717) is 4.24 Å². The fraction of sp³-hybridized carbons (Fsp3) is 0.571. The van der Waals surface area contributed by atoms with Crippen LogP contribution in [-0.4, -0.2) is 22.2 Å². The molecule has 1 heterocycles. The van der Waals surface area contributed by atoms with E-state index < -0.39 is 10.7 Å². The van der Waals surface area contributed by atoms with Crippen LogP contribution in [0, 0.1) is 10.1 Å². The highest BCUT2D eigenvalue weighted by Crippen LogP contribution is 2.37. The van der Waals surface area contributed by atoms with Crippen molar-refractivity contribution in [2.24, 2.45) is 0 Å². The zero-order valence-corrected chi connectivity index (χ0v) is 8.74. The zero-order chi connectivity index (χ0) is 9.84. The second-order valence-electron chi connectivity index (χ2n) is 2.50. The van der Waals surface area contributed by atoms with Crippen LogP contribution in [0.3, 0.4) is 0 Å². The van der Waals surface area contributed by atoms with Crippen LogP contribution in [0.4, 0.5) is 0 Å². The van der Waals surface area contributed by atoms with Gasteiger partial charge in [0.25, 0.3) is 0 Å². The van der Waals surface area contributed by atoms with Crippen LogP contribution < -0.4 is 0 Å². The molecule has 0 N–H and O–H groups in total. The van der Waals surface area contributed by atoms with E-state index in [4.69, 9.17) is 0 Å². The first-order valence-electron chi connectivity index (χ1n) is 3.78. The average molecular weight is 219 g/mol. The number of hydrogen-bond donors (Lipinski definition) is 0. The number of thioether (sulfide) groups is 2. The van der Waals surface area contributed by atoms with Gasteiger partial charge in [0.2, 0.25) is 5.78 Å². The Morgan fingerprint density at radius 1 is 1.46 bits per heavy atom. The van der Waals surface area contributed by atoms with E-state index in [1.165, 1.54) is 30.4 Å². The van der Waals surface area contributed by atoms with Gasteiger partial charge in [0.1, 0.15) is 4.24 Å². The predicted molar refractivity (Wildman–Crippen MR) is 54.2 cm³/mol. The van der Waals surface area contributed by atoms with E-state index in [1.807, 2.05) is 0 Å². The third-order valence-corrected chi connectivity index (χ3v) is 4.07. The Labute approximate surface area is 84.3 Å². The molecule has 0 atom stereocenters. The molecule has 0 unspecified atom stereocenters. The second kappa shape index (κ2) is 4.66. The molecule has 1 aliphatic rings. The minimum atomic E-state index is -0.580. The standard InChI is InChI=1S/C7H9NO3S2/c1-5(9)6(8(10)11)7-12-3-2-4-13-7/h2-4H2,1H3. The highest BCUT2D eigenvalue weighted by atomic mass is 32.2. The maximum Gasteiger partial charge on any atom is 0.331 e. The SMILES string of the molecule is CC(=O)C(=C1SCCCS1)[N+](=O)[O-]. The van der Waals surface area contributed by atoms with Gasteiger partial charge in [-0.1, -0.05) is 0 Å². The first-order valence-corrected chi connectivity index (χ1v) is 5.75. The molecule has 0 aliphatic carbocycles. The molecule has 1 saturated heterocycles. The van der Waals surface area contributed by atoms with Gasteiger partial charge >= 0.3 is 5.70 Å². The Kier molecular flexibility index (Phi) is 3.80. The van der Waals surface area contributed by atoms with Crippen molar-refractivity contribution in [3.63, 3.8) is 0 Å². The molecule has 0 aromatic rings. The van der Waals surface area contributed by atoms with Crippen LogP contribution in [0.1, 0.15) is 13.3 Å². The van der Waals surface area contributed by atoms with Crippen molar-refractivity contribution < 1.29 is 9.72 Å². The first kappa shape index (κ1) is 10.6. The number of carbonyl (C=O) groups excluding carboxylic acids is 1. The topological polar surface area (TPSA) is 60.2 Å². The number of nitro groups is 1. The van der Waals surface area contributed by atoms with Gasteiger partial charge in [-0.2, -0.15) is 0 Å². The molecule has 6 heteroatoms. The summed E-state index contributed by atoms with van der Waals surface area (Å²) >= 11 is 2.82. The van der Waals surface area contributed by atoms with Gasteiger partial charge in [0.05, 0.1) is 4.92 Å². The first-order chi connectivity index (χ1) is 6.13. The van der Waals surface area contributed by atoms with Crippen molar-refractivity contribution in [3.05, 3.63) is 20.0 Å². The molecule has 13 heavy (non-hydrogen) atoms. The van der Waals surface area contributed by atoms with Crippen molar-refractivity contribution in [3.8, 4) is 0 Å². The molecule has 0 radical (unpaired) electrons. The largest absolute Gasteiger partial charge is 0.331 e. The van der Waals surface area contributed by atoms with E-state index in [9.17, 15) is 14.9 Å². The summed E-state index contributed by atoms with van der Waals surface area (Å²) in [6, 6.07) is 0. The van der Waals surface area contributed by atoms with Gasteiger partial charge in [-0.3, -0.25) is 14.9 Å². The summed E-state index contributed by atoms with van der Waals surface area (Å²) in [4.78, 5) is 20.9. The lowest BCUT2D eigenvalue weighted by Gasteiger charge is -2.11. The zero-order valence-electron chi connectivity index (χ0n) is 7.11. The van der Waals surface area contributed by atoms with E-state index in [2.05, 4.69) is 0 Å². The second-order valence-corrected chi connectivity index (χ2v) is 4.97. The monoisotopic (exact) mass is 219 g/mol. The van der Waals surface area contributed by atoms with Gasteiger partial charge in [0.15, 0.2) is 0 Å². The molecule has 0 aromatic carbocycles. The molecule has 1 aliphatic heterocycles. The summed E-state index contributed by atoms with van der Waals surface area (Å²) < 4.78 is 0.573.